The van der Waals surface area contributed by atoms with Crippen LogP contribution < -0.4 is 4.74 Å². The van der Waals surface area contributed by atoms with E-state index >= 15 is 0 Å². The zero-order valence-corrected chi connectivity index (χ0v) is 13.7. The highest BCUT2D eigenvalue weighted by atomic mass is 16.5. The monoisotopic (exact) mass is 334 g/mol. The van der Waals surface area contributed by atoms with Crippen LogP contribution in [0.3, 0.4) is 0 Å². The minimum absolute atomic E-state index is 0.0192. The molecule has 126 valence electrons. The third-order valence-electron chi connectivity index (χ3n) is 4.21. The number of pyridine rings is 1. The van der Waals surface area contributed by atoms with Gasteiger partial charge in [-0.15, -0.1) is 0 Å². The van der Waals surface area contributed by atoms with Gasteiger partial charge in [0.1, 0.15) is 6.10 Å². The smallest absolute Gasteiger partial charge is 0.257 e. The predicted molar refractivity (Wildman–Crippen MR) is 92.7 cm³/mol. The lowest BCUT2D eigenvalue weighted by molar-refractivity contribution is 0.0771. The van der Waals surface area contributed by atoms with Crippen molar-refractivity contribution in [2.24, 2.45) is 0 Å². The van der Waals surface area contributed by atoms with Crippen LogP contribution >= 0.6 is 0 Å². The topological polar surface area (TPSA) is 60.2 Å². The highest BCUT2D eigenvalue weighted by molar-refractivity contribution is 5.94. The Morgan fingerprint density at radius 1 is 1.12 bits per heavy atom. The van der Waals surface area contributed by atoms with E-state index in [4.69, 9.17) is 4.74 Å². The number of likely N-dealkylation sites (tertiary alicyclic amines) is 1. The van der Waals surface area contributed by atoms with Gasteiger partial charge in [-0.05, 0) is 18.2 Å². The number of nitrogens with zero attached hydrogens (tertiary/aromatic N) is 4. The van der Waals surface area contributed by atoms with Crippen LogP contribution in [-0.4, -0.2) is 44.8 Å². The van der Waals surface area contributed by atoms with Crippen LogP contribution in [0, 0.1) is 0 Å². The number of hydrogen-bond acceptors (Lipinski definition) is 4. The first-order valence-corrected chi connectivity index (χ1v) is 8.27. The molecule has 1 aromatic carbocycles. The van der Waals surface area contributed by atoms with Crippen molar-refractivity contribution in [3.63, 3.8) is 0 Å². The quantitative estimate of drug-likeness (QED) is 0.736. The Hall–Kier alpha value is -3.15. The molecular formula is C19H18N4O2. The molecule has 1 amide bonds. The minimum atomic E-state index is -0.0250. The fraction of sp³-hybridized carbons (Fsp3) is 0.211. The molecule has 1 unspecified atom stereocenters. The number of aromatic nitrogens is 3. The van der Waals surface area contributed by atoms with Gasteiger partial charge in [-0.1, -0.05) is 24.3 Å². The fourth-order valence-electron chi connectivity index (χ4n) is 2.93. The summed E-state index contributed by atoms with van der Waals surface area (Å²) in [6, 6.07) is 15.3. The summed E-state index contributed by atoms with van der Waals surface area (Å²) in [5.41, 5.74) is 1.52. The van der Waals surface area contributed by atoms with Crippen LogP contribution in [0.2, 0.25) is 0 Å². The molecule has 1 aliphatic rings. The molecular weight excluding hydrogens is 316 g/mol. The summed E-state index contributed by atoms with van der Waals surface area (Å²) in [7, 11) is 0. The molecule has 1 atom stereocenters. The summed E-state index contributed by atoms with van der Waals surface area (Å²) in [4.78, 5) is 18.7. The second kappa shape index (κ2) is 6.76. The summed E-state index contributed by atoms with van der Waals surface area (Å²) in [6.07, 6.45) is 5.86. The van der Waals surface area contributed by atoms with Crippen molar-refractivity contribution in [1.82, 2.24) is 19.7 Å². The summed E-state index contributed by atoms with van der Waals surface area (Å²) in [5.74, 6) is 0.577. The molecule has 0 aliphatic carbocycles. The van der Waals surface area contributed by atoms with Gasteiger partial charge in [-0.3, -0.25) is 4.79 Å². The lowest BCUT2D eigenvalue weighted by atomic mass is 10.3. The average Bonchev–Trinajstić information content (AvgIpc) is 3.33. The van der Waals surface area contributed by atoms with E-state index in [1.165, 1.54) is 0 Å². The normalized spacial score (nSPS) is 16.8. The van der Waals surface area contributed by atoms with E-state index in [9.17, 15) is 4.79 Å². The van der Waals surface area contributed by atoms with E-state index in [-0.39, 0.29) is 12.0 Å². The van der Waals surface area contributed by atoms with E-state index in [0.29, 0.717) is 24.5 Å². The Kier molecular flexibility index (Phi) is 4.16. The molecule has 0 spiro atoms. The van der Waals surface area contributed by atoms with Gasteiger partial charge in [0.25, 0.3) is 5.91 Å². The number of carbonyl (C=O) groups is 1. The highest BCUT2D eigenvalue weighted by Gasteiger charge is 2.29. The van der Waals surface area contributed by atoms with Crippen molar-refractivity contribution >= 4 is 5.91 Å². The van der Waals surface area contributed by atoms with E-state index in [0.717, 1.165) is 12.1 Å². The SMILES string of the molecule is O=C(c1cnn(-c2ccccc2)c1)N1CCC(Oc2ccccn2)C1. The first-order chi connectivity index (χ1) is 12.3. The summed E-state index contributed by atoms with van der Waals surface area (Å²) < 4.78 is 7.55. The van der Waals surface area contributed by atoms with Crippen LogP contribution in [0.1, 0.15) is 16.8 Å². The zero-order chi connectivity index (χ0) is 17.1. The average molecular weight is 334 g/mol. The largest absolute Gasteiger partial charge is 0.472 e. The van der Waals surface area contributed by atoms with Gasteiger partial charge < -0.3 is 9.64 Å². The van der Waals surface area contributed by atoms with E-state index in [1.54, 1.807) is 28.2 Å². The Morgan fingerprint density at radius 2 is 1.96 bits per heavy atom. The van der Waals surface area contributed by atoms with E-state index < -0.39 is 0 Å². The van der Waals surface area contributed by atoms with Crippen molar-refractivity contribution in [2.75, 3.05) is 13.1 Å². The third kappa shape index (κ3) is 3.38. The maximum absolute atomic E-state index is 12.7. The van der Waals surface area contributed by atoms with Gasteiger partial charge >= 0.3 is 0 Å². The molecule has 0 N–H and O–H groups in total. The van der Waals surface area contributed by atoms with Gasteiger partial charge in [0, 0.05) is 31.4 Å². The van der Waals surface area contributed by atoms with Gasteiger partial charge in [0.15, 0.2) is 0 Å². The molecule has 1 saturated heterocycles. The lowest BCUT2D eigenvalue weighted by Crippen LogP contribution is -2.30. The predicted octanol–water partition coefficient (Wildman–Crippen LogP) is 2.56. The standard InChI is InChI=1S/C19H18N4O2/c24-19(15-12-21-23(13-15)16-6-2-1-3-7-16)22-11-9-17(14-22)25-18-8-4-5-10-20-18/h1-8,10,12-13,17H,9,11,14H2. The first-order valence-electron chi connectivity index (χ1n) is 8.27. The molecule has 25 heavy (non-hydrogen) atoms. The number of ether oxygens (including phenoxy) is 1. The first kappa shape index (κ1) is 15.4. The second-order valence-electron chi connectivity index (χ2n) is 5.96. The number of benzene rings is 1. The molecule has 3 aromatic rings. The number of amides is 1. The van der Waals surface area contributed by atoms with Gasteiger partial charge in [-0.2, -0.15) is 5.10 Å². The molecule has 3 heterocycles. The van der Waals surface area contributed by atoms with Crippen LogP contribution in [0.4, 0.5) is 0 Å². The summed E-state index contributed by atoms with van der Waals surface area (Å²) in [6.45, 7) is 1.23. The molecule has 1 fully saturated rings. The van der Waals surface area contributed by atoms with Gasteiger partial charge in [0.2, 0.25) is 5.88 Å². The van der Waals surface area contributed by atoms with E-state index in [1.807, 2.05) is 48.5 Å². The van der Waals surface area contributed by atoms with Crippen LogP contribution in [0.15, 0.2) is 67.1 Å². The lowest BCUT2D eigenvalue weighted by Gasteiger charge is -2.16. The molecule has 2 aromatic heterocycles. The van der Waals surface area contributed by atoms with Crippen molar-refractivity contribution < 1.29 is 9.53 Å². The Bertz CT molecular complexity index is 848. The third-order valence-corrected chi connectivity index (χ3v) is 4.21. The van der Waals surface area contributed by atoms with Crippen molar-refractivity contribution in [1.29, 1.82) is 0 Å². The van der Waals surface area contributed by atoms with Gasteiger partial charge in [-0.25, -0.2) is 9.67 Å². The number of para-hydroxylation sites is 1. The van der Waals surface area contributed by atoms with Crippen LogP contribution in [0.25, 0.3) is 5.69 Å². The molecule has 0 radical (unpaired) electrons. The molecule has 6 nitrogen and oxygen atoms in total. The summed E-state index contributed by atoms with van der Waals surface area (Å²) >= 11 is 0. The molecule has 4 rings (SSSR count). The second-order valence-corrected chi connectivity index (χ2v) is 5.96. The zero-order valence-electron chi connectivity index (χ0n) is 13.7. The minimum Gasteiger partial charge on any atom is -0.472 e. The summed E-state index contributed by atoms with van der Waals surface area (Å²) in [5, 5.41) is 4.29. The highest BCUT2D eigenvalue weighted by Crippen LogP contribution is 2.18. The van der Waals surface area contributed by atoms with Crippen LogP contribution in [-0.2, 0) is 0 Å². The van der Waals surface area contributed by atoms with Gasteiger partial charge in [0.05, 0.1) is 24.0 Å². The Labute approximate surface area is 145 Å². The molecule has 1 aliphatic heterocycles. The number of rotatable bonds is 4. The molecule has 6 heteroatoms. The van der Waals surface area contributed by atoms with Crippen molar-refractivity contribution in [3.8, 4) is 11.6 Å². The molecule has 0 bridgehead atoms. The van der Waals surface area contributed by atoms with Crippen molar-refractivity contribution in [2.45, 2.75) is 12.5 Å². The fourth-order valence-corrected chi connectivity index (χ4v) is 2.93. The number of carbonyl (C=O) groups excluding carboxylic acids is 1. The maximum Gasteiger partial charge on any atom is 0.257 e. The maximum atomic E-state index is 12.7. The van der Waals surface area contributed by atoms with Crippen molar-refractivity contribution in [3.05, 3.63) is 72.7 Å². The Morgan fingerprint density at radius 3 is 2.76 bits per heavy atom. The van der Waals surface area contributed by atoms with Crippen LogP contribution in [0.5, 0.6) is 5.88 Å². The molecule has 0 saturated carbocycles. The van der Waals surface area contributed by atoms with E-state index in [2.05, 4.69) is 10.1 Å². The number of hydrogen-bond donors (Lipinski definition) is 0. The Balaban J connectivity index is 1.41.